The van der Waals surface area contributed by atoms with Gasteiger partial charge in [0.05, 0.1) is 24.4 Å². The van der Waals surface area contributed by atoms with Crippen LogP contribution >= 0.6 is 0 Å². The smallest absolute Gasteiger partial charge is 0.318 e. The van der Waals surface area contributed by atoms with Crippen LogP contribution in [0.1, 0.15) is 45.3 Å². The summed E-state index contributed by atoms with van der Waals surface area (Å²) in [5.74, 6) is 0.284. The molecule has 0 bridgehead atoms. The normalized spacial score (nSPS) is 20.0. The minimum Gasteiger partial charge on any atom is -0.375 e. The van der Waals surface area contributed by atoms with Crippen LogP contribution in [0, 0.1) is 5.92 Å². The van der Waals surface area contributed by atoms with Crippen molar-refractivity contribution in [1.82, 2.24) is 15.2 Å². The van der Waals surface area contributed by atoms with Crippen LogP contribution in [0.3, 0.4) is 0 Å². The van der Waals surface area contributed by atoms with E-state index < -0.39 is 0 Å². The topological polar surface area (TPSA) is 54.5 Å². The summed E-state index contributed by atoms with van der Waals surface area (Å²) in [5.41, 5.74) is 0.907. The highest BCUT2D eigenvalue weighted by Crippen LogP contribution is 2.20. The van der Waals surface area contributed by atoms with E-state index in [-0.39, 0.29) is 24.1 Å². The first-order valence-corrected chi connectivity index (χ1v) is 8.19. The monoisotopic (exact) mass is 305 g/mol. The molecule has 1 aliphatic rings. The molecule has 1 saturated heterocycles. The fraction of sp³-hybridized carbons (Fsp3) is 0.647. The van der Waals surface area contributed by atoms with Crippen molar-refractivity contribution in [3.05, 3.63) is 30.1 Å². The number of carbonyl (C=O) groups is 1. The molecule has 22 heavy (non-hydrogen) atoms. The molecular weight excluding hydrogens is 278 g/mol. The fourth-order valence-electron chi connectivity index (χ4n) is 2.77. The van der Waals surface area contributed by atoms with Crippen molar-refractivity contribution in [3.63, 3.8) is 0 Å². The molecule has 122 valence electrons. The number of rotatable bonds is 5. The van der Waals surface area contributed by atoms with Crippen LogP contribution in [0.5, 0.6) is 0 Å². The number of carbonyl (C=O) groups excluding carboxylic acids is 1. The fourth-order valence-corrected chi connectivity index (χ4v) is 2.77. The number of amides is 2. The largest absolute Gasteiger partial charge is 0.375 e. The Hall–Kier alpha value is -1.62. The first kappa shape index (κ1) is 16.7. The molecule has 0 radical (unpaired) electrons. The van der Waals surface area contributed by atoms with Gasteiger partial charge in [0, 0.05) is 19.3 Å². The van der Waals surface area contributed by atoms with Crippen LogP contribution in [0.15, 0.2) is 24.4 Å². The lowest BCUT2D eigenvalue weighted by atomic mass is 10.0. The Labute approximate surface area is 133 Å². The Kier molecular flexibility index (Phi) is 6.19. The molecule has 0 saturated carbocycles. The van der Waals surface area contributed by atoms with Gasteiger partial charge < -0.3 is 15.0 Å². The molecule has 5 heteroatoms. The molecule has 0 aliphatic carbocycles. The van der Waals surface area contributed by atoms with Gasteiger partial charge in [0.2, 0.25) is 0 Å². The van der Waals surface area contributed by atoms with E-state index in [0.717, 1.165) is 18.5 Å². The first-order valence-electron chi connectivity index (χ1n) is 8.19. The minimum atomic E-state index is -0.0684. The summed E-state index contributed by atoms with van der Waals surface area (Å²) < 4.78 is 5.70. The molecule has 2 heterocycles. The zero-order chi connectivity index (χ0) is 15.9. The summed E-state index contributed by atoms with van der Waals surface area (Å²) >= 11 is 0. The third kappa shape index (κ3) is 4.44. The van der Waals surface area contributed by atoms with Crippen LogP contribution in [0.25, 0.3) is 0 Å². The molecular formula is C17H27N3O2. The standard InChI is InChI=1S/C17H27N3O2/c1-4-7-14-12-20(10-11-22-14)17(21)19-16(13(2)3)15-8-5-6-9-18-15/h5-6,8-9,13-14,16H,4,7,10-12H2,1-3H3,(H,19,21)/t14-,16-/m1/s1. The molecule has 2 rings (SSSR count). The Balaban J connectivity index is 1.99. The molecule has 1 fully saturated rings. The molecule has 2 amide bonds. The molecule has 1 N–H and O–H groups in total. The highest BCUT2D eigenvalue weighted by atomic mass is 16.5. The van der Waals surface area contributed by atoms with Gasteiger partial charge in [-0.25, -0.2) is 4.79 Å². The second-order valence-electron chi connectivity index (χ2n) is 6.15. The van der Waals surface area contributed by atoms with E-state index in [2.05, 4.69) is 31.1 Å². The molecule has 5 nitrogen and oxygen atoms in total. The molecule has 1 aliphatic heterocycles. The predicted octanol–water partition coefficient (Wildman–Crippen LogP) is 2.99. The van der Waals surface area contributed by atoms with Crippen LogP contribution in [-0.2, 0) is 4.74 Å². The van der Waals surface area contributed by atoms with Crippen molar-refractivity contribution in [2.24, 2.45) is 5.92 Å². The number of urea groups is 1. The second kappa shape index (κ2) is 8.13. The highest BCUT2D eigenvalue weighted by Gasteiger charge is 2.27. The summed E-state index contributed by atoms with van der Waals surface area (Å²) in [6, 6.07) is 5.72. The van der Waals surface area contributed by atoms with E-state index in [1.54, 1.807) is 6.20 Å². The van der Waals surface area contributed by atoms with Crippen molar-refractivity contribution in [2.45, 2.75) is 45.8 Å². The SMILES string of the molecule is CCC[C@@H]1CN(C(=O)N[C@@H](c2ccccn2)C(C)C)CCO1. The number of nitrogens with zero attached hydrogens (tertiary/aromatic N) is 2. The summed E-state index contributed by atoms with van der Waals surface area (Å²) in [4.78, 5) is 18.8. The Bertz CT molecular complexity index is 462. The van der Waals surface area contributed by atoms with E-state index in [1.807, 2.05) is 23.1 Å². The molecule has 0 spiro atoms. The Morgan fingerprint density at radius 3 is 2.95 bits per heavy atom. The zero-order valence-electron chi connectivity index (χ0n) is 13.8. The lowest BCUT2D eigenvalue weighted by Gasteiger charge is -2.34. The van der Waals surface area contributed by atoms with Crippen molar-refractivity contribution < 1.29 is 9.53 Å². The Morgan fingerprint density at radius 2 is 2.32 bits per heavy atom. The lowest BCUT2D eigenvalue weighted by Crippen LogP contribution is -2.50. The number of nitrogens with one attached hydrogen (secondary N) is 1. The number of pyridine rings is 1. The summed E-state index contributed by atoms with van der Waals surface area (Å²) in [6.07, 6.45) is 4.00. The second-order valence-corrected chi connectivity index (χ2v) is 6.15. The molecule has 0 unspecified atom stereocenters. The number of aromatic nitrogens is 1. The van der Waals surface area contributed by atoms with E-state index >= 15 is 0 Å². The number of hydrogen-bond donors (Lipinski definition) is 1. The average molecular weight is 305 g/mol. The maximum atomic E-state index is 12.6. The maximum absolute atomic E-state index is 12.6. The Morgan fingerprint density at radius 1 is 1.50 bits per heavy atom. The van der Waals surface area contributed by atoms with Crippen molar-refractivity contribution >= 4 is 6.03 Å². The summed E-state index contributed by atoms with van der Waals surface area (Å²) in [6.45, 7) is 8.27. The van der Waals surface area contributed by atoms with Gasteiger partial charge in [0.15, 0.2) is 0 Å². The van der Waals surface area contributed by atoms with Gasteiger partial charge in [-0.3, -0.25) is 4.98 Å². The molecule has 2 atom stereocenters. The maximum Gasteiger partial charge on any atom is 0.318 e. The quantitative estimate of drug-likeness (QED) is 0.910. The average Bonchev–Trinajstić information content (AvgIpc) is 2.53. The van der Waals surface area contributed by atoms with Gasteiger partial charge in [-0.15, -0.1) is 0 Å². The van der Waals surface area contributed by atoms with Gasteiger partial charge in [-0.05, 0) is 24.5 Å². The van der Waals surface area contributed by atoms with Crippen molar-refractivity contribution in [1.29, 1.82) is 0 Å². The van der Waals surface area contributed by atoms with Crippen molar-refractivity contribution in [2.75, 3.05) is 19.7 Å². The summed E-state index contributed by atoms with van der Waals surface area (Å²) in [5, 5.41) is 3.13. The molecule has 1 aromatic heterocycles. The number of hydrogen-bond acceptors (Lipinski definition) is 3. The van der Waals surface area contributed by atoms with Gasteiger partial charge >= 0.3 is 6.03 Å². The zero-order valence-corrected chi connectivity index (χ0v) is 13.8. The summed E-state index contributed by atoms with van der Waals surface area (Å²) in [7, 11) is 0. The van der Waals surface area contributed by atoms with Gasteiger partial charge in [0.25, 0.3) is 0 Å². The van der Waals surface area contributed by atoms with Crippen LogP contribution in [-0.4, -0.2) is 41.7 Å². The van der Waals surface area contributed by atoms with Gasteiger partial charge in [-0.2, -0.15) is 0 Å². The molecule has 1 aromatic rings. The number of ether oxygens (including phenoxy) is 1. The third-order valence-corrected chi connectivity index (χ3v) is 3.99. The lowest BCUT2D eigenvalue weighted by molar-refractivity contribution is -0.0186. The predicted molar refractivity (Wildman–Crippen MR) is 86.6 cm³/mol. The minimum absolute atomic E-state index is 0.0197. The molecule has 0 aromatic carbocycles. The van der Waals surface area contributed by atoms with E-state index in [1.165, 1.54) is 0 Å². The third-order valence-electron chi connectivity index (χ3n) is 3.99. The number of morpholine rings is 1. The van der Waals surface area contributed by atoms with Gasteiger partial charge in [-0.1, -0.05) is 33.3 Å². The van der Waals surface area contributed by atoms with Crippen LogP contribution in [0.2, 0.25) is 0 Å². The highest BCUT2D eigenvalue weighted by molar-refractivity contribution is 5.74. The van der Waals surface area contributed by atoms with E-state index in [4.69, 9.17) is 4.74 Å². The van der Waals surface area contributed by atoms with Crippen molar-refractivity contribution in [3.8, 4) is 0 Å². The van der Waals surface area contributed by atoms with Gasteiger partial charge in [0.1, 0.15) is 0 Å². The van der Waals surface area contributed by atoms with Crippen LogP contribution < -0.4 is 5.32 Å². The van der Waals surface area contributed by atoms with E-state index in [0.29, 0.717) is 19.7 Å². The first-order chi connectivity index (χ1) is 10.6. The van der Waals surface area contributed by atoms with Crippen LogP contribution in [0.4, 0.5) is 4.79 Å². The van der Waals surface area contributed by atoms with E-state index in [9.17, 15) is 4.79 Å².